The number of nitrogens with one attached hydrogen (secondary N) is 4. The maximum atomic E-state index is 13.3. The third kappa shape index (κ3) is 6.52. The number of hydrogen-bond acceptors (Lipinski definition) is 7. The first-order chi connectivity index (χ1) is 17.5. The molecule has 3 aromatic rings. The predicted molar refractivity (Wildman–Crippen MR) is 129 cm³/mol. The Morgan fingerprint density at radius 1 is 1.05 bits per heavy atom. The van der Waals surface area contributed by atoms with Crippen LogP contribution in [0.4, 0.5) is 4.79 Å². The Labute approximate surface area is 239 Å². The fourth-order valence-electron chi connectivity index (χ4n) is 4.05. The van der Waals surface area contributed by atoms with E-state index in [1.807, 2.05) is 24.3 Å². The number of benzene rings is 2. The number of hydrogen-bond donors (Lipinski definition) is 5. The summed E-state index contributed by atoms with van der Waals surface area (Å²) in [4.78, 5) is 53.1. The Bertz CT molecular complexity index is 1460. The molecule has 38 heavy (non-hydrogen) atoms. The van der Waals surface area contributed by atoms with Crippen LogP contribution < -0.4 is 51.2 Å². The normalized spacial score (nSPS) is 16.5. The van der Waals surface area contributed by atoms with Crippen molar-refractivity contribution in [1.29, 1.82) is 0 Å². The Morgan fingerprint density at radius 2 is 1.71 bits per heavy atom. The zero-order valence-electron chi connectivity index (χ0n) is 20.2. The van der Waals surface area contributed by atoms with E-state index in [0.717, 1.165) is 16.5 Å². The molecule has 1 aromatic heterocycles. The molecule has 1 aliphatic rings. The number of carbonyl (C=O) groups is 4. The molecule has 1 aliphatic heterocycles. The third-order valence-electron chi connectivity index (χ3n) is 5.89. The molecule has 15 heteroatoms. The van der Waals surface area contributed by atoms with Crippen molar-refractivity contribution in [2.75, 3.05) is 6.54 Å². The van der Waals surface area contributed by atoms with Gasteiger partial charge < -0.3 is 31.2 Å². The topological polar surface area (TPSA) is 207 Å². The second-order valence-electron chi connectivity index (χ2n) is 8.37. The number of rotatable bonds is 9. The molecule has 0 radical (unpaired) electrons. The zero-order chi connectivity index (χ0) is 26.7. The molecule has 2 aromatic carbocycles. The van der Waals surface area contributed by atoms with Gasteiger partial charge in [0.2, 0.25) is 11.8 Å². The van der Waals surface area contributed by atoms with Crippen LogP contribution in [0.3, 0.4) is 0 Å². The van der Waals surface area contributed by atoms with Gasteiger partial charge in [-0.25, -0.2) is 17.5 Å². The minimum absolute atomic E-state index is 0. The summed E-state index contributed by atoms with van der Waals surface area (Å²) in [5.41, 5.74) is 7.21. The summed E-state index contributed by atoms with van der Waals surface area (Å²) in [6.07, 6.45) is 1.76. The summed E-state index contributed by atoms with van der Waals surface area (Å²) in [6.45, 7) is -0.516. The number of carbonyl (C=O) groups excluding carboxylic acids is 4. The second kappa shape index (κ2) is 12.0. The van der Waals surface area contributed by atoms with E-state index in [-0.39, 0.29) is 40.3 Å². The van der Waals surface area contributed by atoms with E-state index >= 15 is 0 Å². The minimum atomic E-state index is -4.98. The fraction of sp³-hybridized carbons (Fsp3) is 0.217. The molecule has 4 rings (SSSR count). The Morgan fingerprint density at radius 3 is 2.34 bits per heavy atom. The Hall–Kier alpha value is -3.43. The van der Waals surface area contributed by atoms with Crippen molar-refractivity contribution < 1.29 is 61.7 Å². The van der Waals surface area contributed by atoms with Crippen molar-refractivity contribution in [2.45, 2.75) is 24.5 Å². The molecule has 13 nitrogen and oxygen atoms in total. The first kappa shape index (κ1) is 29.1. The zero-order valence-corrected chi connectivity index (χ0v) is 23.0. The van der Waals surface area contributed by atoms with Gasteiger partial charge in [-0.2, -0.15) is 0 Å². The van der Waals surface area contributed by atoms with Gasteiger partial charge >= 0.3 is 35.6 Å². The van der Waals surface area contributed by atoms with Gasteiger partial charge in [0.05, 0.1) is 6.54 Å². The number of fused-ring (bicyclic) bond motifs is 1. The first-order valence-electron chi connectivity index (χ1n) is 11.1. The van der Waals surface area contributed by atoms with E-state index in [9.17, 15) is 32.1 Å². The number of nitrogens with two attached hydrogens (primary N) is 1. The van der Waals surface area contributed by atoms with E-state index in [0.29, 0.717) is 5.56 Å². The van der Waals surface area contributed by atoms with Crippen molar-refractivity contribution in [1.82, 2.24) is 25.2 Å². The van der Waals surface area contributed by atoms with Crippen LogP contribution in [-0.4, -0.2) is 64.6 Å². The molecule has 0 saturated carbocycles. The molecule has 194 valence electrons. The molecule has 5 amide bonds. The number of aromatic amines is 1. The quantitative estimate of drug-likeness (QED) is 0.103. The third-order valence-corrected chi connectivity index (χ3v) is 6.76. The van der Waals surface area contributed by atoms with E-state index in [2.05, 4.69) is 20.9 Å². The standard InChI is InChI=1S/C23H24N6O7S.Na/c24-23(33)27-17(10-14-11-25-16-9-5-4-8-15(14)16)20(30)28-19(13-6-2-1-3-7-13)21(31)26-18-12-29(22(18)32)37(34,35)36;/h1-9,11,17-19,25H,10,12H2,(H,26,31)(H,28,30)(H3,24,27,33)(H,34,35,36);/q;+1/p-1/t17-,18?,19-;/m1./s1. The van der Waals surface area contributed by atoms with Gasteiger partial charge in [-0.05, 0) is 17.2 Å². The largest absolute Gasteiger partial charge is 1.00 e. The summed E-state index contributed by atoms with van der Waals surface area (Å²) in [7, 11) is -4.98. The number of amides is 5. The Balaban J connectivity index is 0.00000400. The summed E-state index contributed by atoms with van der Waals surface area (Å²) >= 11 is 0. The van der Waals surface area contributed by atoms with Crippen LogP contribution in [0.5, 0.6) is 0 Å². The van der Waals surface area contributed by atoms with Crippen molar-refractivity contribution >= 4 is 45.0 Å². The van der Waals surface area contributed by atoms with Gasteiger partial charge in [-0.3, -0.25) is 14.4 Å². The van der Waals surface area contributed by atoms with Crippen LogP contribution in [0.2, 0.25) is 0 Å². The molecule has 0 bridgehead atoms. The maximum absolute atomic E-state index is 13.3. The molecule has 0 aliphatic carbocycles. The molecule has 1 saturated heterocycles. The van der Waals surface area contributed by atoms with Crippen molar-refractivity contribution in [2.24, 2.45) is 5.73 Å². The number of para-hydroxylation sites is 1. The molecule has 1 fully saturated rings. The smallest absolute Gasteiger partial charge is 0.731 e. The first-order valence-corrected chi connectivity index (χ1v) is 12.4. The van der Waals surface area contributed by atoms with Crippen LogP contribution in [0.15, 0.2) is 60.8 Å². The molecule has 2 heterocycles. The molecular formula is C23H23N6NaO7S. The number of aromatic nitrogens is 1. The minimum Gasteiger partial charge on any atom is -0.731 e. The Kier molecular flexibility index (Phi) is 9.17. The molecule has 0 spiro atoms. The van der Waals surface area contributed by atoms with E-state index < -0.39 is 58.7 Å². The molecule has 1 unspecified atom stereocenters. The number of urea groups is 1. The number of primary amides is 1. The van der Waals surface area contributed by atoms with Crippen LogP contribution in [0.1, 0.15) is 17.2 Å². The average Bonchev–Trinajstić information content (AvgIpc) is 3.26. The summed E-state index contributed by atoms with van der Waals surface area (Å²) in [6, 6.07) is 10.8. The maximum Gasteiger partial charge on any atom is 1.00 e. The van der Waals surface area contributed by atoms with Gasteiger partial charge in [-0.1, -0.05) is 48.5 Å². The summed E-state index contributed by atoms with van der Waals surface area (Å²) < 4.78 is 33.3. The van der Waals surface area contributed by atoms with Gasteiger partial charge in [-0.15, -0.1) is 0 Å². The van der Waals surface area contributed by atoms with E-state index in [1.54, 1.807) is 36.5 Å². The van der Waals surface area contributed by atoms with Gasteiger partial charge in [0, 0.05) is 23.5 Å². The number of β-lactam (4-membered cyclic amide) rings is 1. The van der Waals surface area contributed by atoms with Crippen molar-refractivity contribution in [3.8, 4) is 0 Å². The average molecular weight is 551 g/mol. The SMILES string of the molecule is NC(=O)N[C@H](Cc1c[nH]c2ccccc12)C(=O)N[C@@H](C(=O)NC1CN(S(=O)(=O)[O-])C1=O)c1ccccc1.[Na+]. The van der Waals surface area contributed by atoms with Crippen molar-refractivity contribution in [3.05, 3.63) is 71.9 Å². The monoisotopic (exact) mass is 550 g/mol. The predicted octanol–water partition coefficient (Wildman–Crippen LogP) is -3.60. The summed E-state index contributed by atoms with van der Waals surface area (Å²) in [5, 5.41) is 8.16. The summed E-state index contributed by atoms with van der Waals surface area (Å²) in [5.74, 6) is -2.61. The molecule has 6 N–H and O–H groups in total. The second-order valence-corrected chi connectivity index (χ2v) is 9.66. The van der Waals surface area contributed by atoms with Crippen LogP contribution in [-0.2, 0) is 31.1 Å². The van der Waals surface area contributed by atoms with Crippen molar-refractivity contribution in [3.63, 3.8) is 0 Å². The van der Waals surface area contributed by atoms with Crippen LogP contribution in [0, 0.1) is 0 Å². The van der Waals surface area contributed by atoms with Gasteiger partial charge in [0.15, 0.2) is 10.3 Å². The van der Waals surface area contributed by atoms with Gasteiger partial charge in [0.25, 0.3) is 5.91 Å². The van der Waals surface area contributed by atoms with Crippen LogP contribution >= 0.6 is 0 Å². The molecule has 3 atom stereocenters. The van der Waals surface area contributed by atoms with E-state index in [4.69, 9.17) is 5.73 Å². The van der Waals surface area contributed by atoms with Gasteiger partial charge in [0.1, 0.15) is 18.1 Å². The number of H-pyrrole nitrogens is 1. The fourth-order valence-corrected chi connectivity index (χ4v) is 4.73. The number of nitrogens with zero attached hydrogens (tertiary/aromatic N) is 1. The molecular weight excluding hydrogens is 527 g/mol. The van der Waals surface area contributed by atoms with E-state index in [1.165, 1.54) is 0 Å². The van der Waals surface area contributed by atoms with Crippen LogP contribution in [0.25, 0.3) is 10.9 Å².